The number of hydrogen-bond donors (Lipinski definition) is 0. The Hall–Kier alpha value is -1.58. The van der Waals surface area contributed by atoms with Crippen molar-refractivity contribution in [3.05, 3.63) is 70.8 Å². The highest BCUT2D eigenvalue weighted by molar-refractivity contribution is 9.09. The van der Waals surface area contributed by atoms with Gasteiger partial charge in [-0.1, -0.05) is 45.7 Å². The number of ketones is 1. The summed E-state index contributed by atoms with van der Waals surface area (Å²) < 4.78 is 5.44. The summed E-state index contributed by atoms with van der Waals surface area (Å²) in [4.78, 5) is 12.1. The van der Waals surface area contributed by atoms with Crippen molar-refractivity contribution in [1.29, 1.82) is 0 Å². The molecule has 2 nitrogen and oxygen atoms in total. The highest BCUT2D eigenvalue weighted by Gasteiger charge is 2.03. The van der Waals surface area contributed by atoms with E-state index in [1.165, 1.54) is 6.08 Å². The van der Waals surface area contributed by atoms with E-state index in [2.05, 4.69) is 15.9 Å². The third-order valence-corrected chi connectivity index (χ3v) is 3.47. The molecule has 2 aromatic rings. The molecule has 0 unspecified atom stereocenters. The minimum Gasteiger partial charge on any atom is -0.493 e. The molecule has 0 heterocycles. The highest BCUT2D eigenvalue weighted by atomic mass is 79.9. The van der Waals surface area contributed by atoms with Crippen LogP contribution in [-0.4, -0.2) is 17.7 Å². The molecule has 0 radical (unpaired) electrons. The number of carbonyl (C=O) groups excluding carboxylic acids is 1. The third kappa shape index (κ3) is 4.73. The van der Waals surface area contributed by atoms with Crippen LogP contribution in [0.4, 0.5) is 0 Å². The van der Waals surface area contributed by atoms with Gasteiger partial charge in [0.15, 0.2) is 5.78 Å². The molecule has 0 saturated heterocycles. The maximum Gasteiger partial charge on any atom is 0.185 e. The second-order valence-electron chi connectivity index (χ2n) is 4.28. The lowest BCUT2D eigenvalue weighted by Crippen LogP contribution is -1.99. The summed E-state index contributed by atoms with van der Waals surface area (Å²) in [5.41, 5.74) is 1.44. The second-order valence-corrected chi connectivity index (χ2v) is 5.48. The first-order valence-electron chi connectivity index (χ1n) is 6.46. The highest BCUT2D eigenvalue weighted by Crippen LogP contribution is 2.17. The van der Waals surface area contributed by atoms with Gasteiger partial charge in [0.05, 0.1) is 6.61 Å². The lowest BCUT2D eigenvalue weighted by atomic mass is 10.1. The monoisotopic (exact) mass is 364 g/mol. The van der Waals surface area contributed by atoms with Crippen LogP contribution < -0.4 is 4.74 Å². The fraction of sp³-hybridized carbons (Fsp3) is 0.118. The number of hydrogen-bond acceptors (Lipinski definition) is 2. The Kier molecular flexibility index (Phi) is 6.03. The number of halogens is 2. The Bertz CT molecular complexity index is 635. The van der Waals surface area contributed by atoms with E-state index in [0.717, 1.165) is 16.6 Å². The zero-order chi connectivity index (χ0) is 15.1. The number of alkyl halides is 1. The zero-order valence-corrected chi connectivity index (χ0v) is 13.6. The standard InChI is InChI=1S/C17H14BrClO2/c18-11-12-21-15-8-5-14(6-9-15)17(20)10-7-13-3-1-2-4-16(13)19/h1-10H,11-12H2. The van der Waals surface area contributed by atoms with Gasteiger partial charge in [-0.25, -0.2) is 0 Å². The van der Waals surface area contributed by atoms with Crippen LogP contribution in [0.15, 0.2) is 54.6 Å². The number of carbonyl (C=O) groups is 1. The molecule has 2 aromatic carbocycles. The first-order chi connectivity index (χ1) is 10.2. The Morgan fingerprint density at radius 2 is 1.86 bits per heavy atom. The maximum absolute atomic E-state index is 12.1. The van der Waals surface area contributed by atoms with Crippen LogP contribution in [0.3, 0.4) is 0 Å². The molecule has 0 aliphatic heterocycles. The van der Waals surface area contributed by atoms with Crippen LogP contribution in [0.2, 0.25) is 5.02 Å². The average molecular weight is 366 g/mol. The SMILES string of the molecule is O=C(C=Cc1ccccc1Cl)c1ccc(OCCBr)cc1. The molecule has 0 N–H and O–H groups in total. The van der Waals surface area contributed by atoms with Crippen LogP contribution >= 0.6 is 27.5 Å². The van der Waals surface area contributed by atoms with E-state index < -0.39 is 0 Å². The summed E-state index contributed by atoms with van der Waals surface area (Å²) >= 11 is 9.33. The van der Waals surface area contributed by atoms with E-state index in [1.54, 1.807) is 36.4 Å². The molecule has 0 atom stereocenters. The summed E-state index contributed by atoms with van der Waals surface area (Å²) in [6.07, 6.45) is 3.25. The van der Waals surface area contributed by atoms with Crippen molar-refractivity contribution in [3.63, 3.8) is 0 Å². The molecule has 108 valence electrons. The molecule has 2 rings (SSSR count). The summed E-state index contributed by atoms with van der Waals surface area (Å²) in [5, 5.41) is 1.40. The van der Waals surface area contributed by atoms with Crippen molar-refractivity contribution >= 4 is 39.4 Å². The van der Waals surface area contributed by atoms with Gasteiger partial charge < -0.3 is 4.74 Å². The fourth-order valence-electron chi connectivity index (χ4n) is 1.74. The molecular weight excluding hydrogens is 352 g/mol. The van der Waals surface area contributed by atoms with Crippen LogP contribution in [0.1, 0.15) is 15.9 Å². The summed E-state index contributed by atoms with van der Waals surface area (Å²) in [5.74, 6) is 0.683. The van der Waals surface area contributed by atoms with Crippen molar-refractivity contribution in [2.75, 3.05) is 11.9 Å². The Labute approximate surface area is 137 Å². The first-order valence-corrected chi connectivity index (χ1v) is 7.96. The largest absolute Gasteiger partial charge is 0.493 e. The van der Waals surface area contributed by atoms with Crippen molar-refractivity contribution in [2.24, 2.45) is 0 Å². The predicted molar refractivity (Wildman–Crippen MR) is 90.5 cm³/mol. The van der Waals surface area contributed by atoms with Gasteiger partial charge in [-0.2, -0.15) is 0 Å². The lowest BCUT2D eigenvalue weighted by Gasteiger charge is -2.04. The lowest BCUT2D eigenvalue weighted by molar-refractivity contribution is 0.104. The smallest absolute Gasteiger partial charge is 0.185 e. The van der Waals surface area contributed by atoms with Gasteiger partial charge >= 0.3 is 0 Å². The van der Waals surface area contributed by atoms with Crippen molar-refractivity contribution in [2.45, 2.75) is 0 Å². The fourth-order valence-corrected chi connectivity index (χ4v) is 2.10. The van der Waals surface area contributed by atoms with E-state index in [4.69, 9.17) is 16.3 Å². The molecule has 0 fully saturated rings. The van der Waals surface area contributed by atoms with Gasteiger partial charge in [0.1, 0.15) is 5.75 Å². The van der Waals surface area contributed by atoms with Gasteiger partial charge in [0.25, 0.3) is 0 Å². The number of allylic oxidation sites excluding steroid dienone is 1. The van der Waals surface area contributed by atoms with E-state index >= 15 is 0 Å². The van der Waals surface area contributed by atoms with Gasteiger partial charge in [-0.3, -0.25) is 4.79 Å². The quantitative estimate of drug-likeness (QED) is 0.408. The molecule has 4 heteroatoms. The van der Waals surface area contributed by atoms with E-state index in [-0.39, 0.29) is 5.78 Å². The summed E-state index contributed by atoms with van der Waals surface area (Å²) in [6, 6.07) is 14.5. The van der Waals surface area contributed by atoms with Crippen LogP contribution in [0, 0.1) is 0 Å². The molecular formula is C17H14BrClO2. The Morgan fingerprint density at radius 3 is 2.52 bits per heavy atom. The van der Waals surface area contributed by atoms with Gasteiger partial charge in [0.2, 0.25) is 0 Å². The Morgan fingerprint density at radius 1 is 1.14 bits per heavy atom. The van der Waals surface area contributed by atoms with Crippen molar-refractivity contribution in [3.8, 4) is 5.75 Å². The Balaban J connectivity index is 2.05. The van der Waals surface area contributed by atoms with E-state index in [9.17, 15) is 4.79 Å². The van der Waals surface area contributed by atoms with Crippen molar-refractivity contribution in [1.82, 2.24) is 0 Å². The van der Waals surface area contributed by atoms with Crippen LogP contribution in [0.5, 0.6) is 5.75 Å². The maximum atomic E-state index is 12.1. The third-order valence-electron chi connectivity index (χ3n) is 2.80. The number of rotatable bonds is 6. The molecule has 0 aliphatic carbocycles. The molecule has 21 heavy (non-hydrogen) atoms. The van der Waals surface area contributed by atoms with E-state index in [0.29, 0.717) is 17.2 Å². The van der Waals surface area contributed by atoms with Crippen molar-refractivity contribution < 1.29 is 9.53 Å². The molecule has 0 aliphatic rings. The molecule has 0 amide bonds. The van der Waals surface area contributed by atoms with Gasteiger partial charge in [0, 0.05) is 15.9 Å². The van der Waals surface area contributed by atoms with Gasteiger partial charge in [-0.05, 0) is 48.0 Å². The first kappa shape index (κ1) is 15.8. The topological polar surface area (TPSA) is 26.3 Å². The number of benzene rings is 2. The zero-order valence-electron chi connectivity index (χ0n) is 11.3. The summed E-state index contributed by atoms with van der Waals surface area (Å²) in [7, 11) is 0. The number of ether oxygens (including phenoxy) is 1. The van der Waals surface area contributed by atoms with E-state index in [1.807, 2.05) is 18.2 Å². The average Bonchev–Trinajstić information content (AvgIpc) is 2.52. The minimum atomic E-state index is -0.0676. The van der Waals surface area contributed by atoms with Crippen LogP contribution in [-0.2, 0) is 0 Å². The second kappa shape index (κ2) is 8.01. The summed E-state index contributed by atoms with van der Waals surface area (Å²) in [6.45, 7) is 0.597. The normalized spacial score (nSPS) is 10.8. The molecule has 0 bridgehead atoms. The molecule has 0 spiro atoms. The minimum absolute atomic E-state index is 0.0676. The van der Waals surface area contributed by atoms with Gasteiger partial charge in [-0.15, -0.1) is 0 Å². The predicted octanol–water partition coefficient (Wildman–Crippen LogP) is 5.01. The van der Waals surface area contributed by atoms with Crippen LogP contribution in [0.25, 0.3) is 6.08 Å². The molecule has 0 aromatic heterocycles. The molecule has 0 saturated carbocycles.